The van der Waals surface area contributed by atoms with Crippen molar-refractivity contribution in [2.45, 2.75) is 38.5 Å². The number of fused-ring (bicyclic) bond motifs is 1. The van der Waals surface area contributed by atoms with Crippen molar-refractivity contribution < 1.29 is 9.53 Å². The van der Waals surface area contributed by atoms with Gasteiger partial charge in [-0.1, -0.05) is 12.1 Å². The molecule has 3 heteroatoms. The van der Waals surface area contributed by atoms with Gasteiger partial charge in [0.2, 0.25) is 0 Å². The fourth-order valence-corrected chi connectivity index (χ4v) is 3.10. The van der Waals surface area contributed by atoms with Gasteiger partial charge in [0, 0.05) is 25.9 Å². The molecule has 1 aromatic carbocycles. The Kier molecular flexibility index (Phi) is 4.36. The van der Waals surface area contributed by atoms with Gasteiger partial charge in [-0.25, -0.2) is 0 Å². The maximum Gasteiger partial charge on any atom is 0.135 e. The van der Waals surface area contributed by atoms with Crippen LogP contribution in [0.15, 0.2) is 18.2 Å². The molecule has 3 nitrogen and oxygen atoms in total. The van der Waals surface area contributed by atoms with Gasteiger partial charge in [-0.15, -0.1) is 0 Å². The quantitative estimate of drug-likeness (QED) is 0.844. The lowest BCUT2D eigenvalue weighted by molar-refractivity contribution is -0.121. The third kappa shape index (κ3) is 3.40. The van der Waals surface area contributed by atoms with Gasteiger partial charge >= 0.3 is 0 Å². The number of rotatable bonds is 4. The number of piperidine rings is 1. The van der Waals surface area contributed by atoms with Gasteiger partial charge in [0.15, 0.2) is 0 Å². The molecule has 1 aromatic rings. The largest absolute Gasteiger partial charge is 0.493 e. The molecule has 20 heavy (non-hydrogen) atoms. The van der Waals surface area contributed by atoms with E-state index < -0.39 is 0 Å². The number of nitrogens with zero attached hydrogens (tertiary/aromatic N) is 1. The van der Waals surface area contributed by atoms with Gasteiger partial charge in [0.05, 0.1) is 6.61 Å². The van der Waals surface area contributed by atoms with E-state index in [1.807, 2.05) is 0 Å². The summed E-state index contributed by atoms with van der Waals surface area (Å²) in [6.45, 7) is 3.88. The van der Waals surface area contributed by atoms with Crippen LogP contribution in [0.5, 0.6) is 5.75 Å². The van der Waals surface area contributed by atoms with Crippen LogP contribution in [0.1, 0.15) is 36.8 Å². The Morgan fingerprint density at radius 3 is 2.85 bits per heavy atom. The first kappa shape index (κ1) is 13.6. The molecule has 1 saturated heterocycles. The molecule has 2 heterocycles. The molecule has 1 fully saturated rings. The number of Topliss-reactive ketones (excluding diaryl/α,β-unsaturated/α-hetero) is 1. The van der Waals surface area contributed by atoms with Crippen molar-refractivity contribution in [2.75, 3.05) is 26.2 Å². The second-order valence-electron chi connectivity index (χ2n) is 5.88. The Morgan fingerprint density at radius 1 is 1.15 bits per heavy atom. The van der Waals surface area contributed by atoms with Crippen LogP contribution >= 0.6 is 0 Å². The zero-order valence-electron chi connectivity index (χ0n) is 12.1. The van der Waals surface area contributed by atoms with Gasteiger partial charge in [-0.3, -0.25) is 4.79 Å². The fraction of sp³-hybridized carbons (Fsp3) is 0.588. The predicted octanol–water partition coefficient (Wildman–Crippen LogP) is 2.61. The standard InChI is InChI=1S/C17H23NO2/c19-16-7-10-18(11-8-16)9-1-3-14-5-6-17-15(13-14)4-2-12-20-17/h5-6,13H,1-4,7-12H2. The van der Waals surface area contributed by atoms with Crippen LogP contribution in [-0.2, 0) is 17.6 Å². The summed E-state index contributed by atoms with van der Waals surface area (Å²) in [5.74, 6) is 1.51. The Labute approximate surface area is 120 Å². The molecule has 0 bridgehead atoms. The van der Waals surface area contributed by atoms with Gasteiger partial charge in [0.1, 0.15) is 11.5 Å². The van der Waals surface area contributed by atoms with Crippen molar-refractivity contribution in [2.24, 2.45) is 0 Å². The summed E-state index contributed by atoms with van der Waals surface area (Å²) in [6.07, 6.45) is 6.08. The van der Waals surface area contributed by atoms with Crippen molar-refractivity contribution in [1.82, 2.24) is 4.90 Å². The molecule has 0 aromatic heterocycles. The Bertz CT molecular complexity index is 474. The van der Waals surface area contributed by atoms with E-state index in [1.54, 1.807) is 0 Å². The minimum Gasteiger partial charge on any atom is -0.493 e. The summed E-state index contributed by atoms with van der Waals surface area (Å²) in [4.78, 5) is 13.6. The third-order valence-electron chi connectivity index (χ3n) is 4.33. The summed E-state index contributed by atoms with van der Waals surface area (Å²) in [6, 6.07) is 6.64. The lowest BCUT2D eigenvalue weighted by Gasteiger charge is -2.25. The number of ketones is 1. The highest BCUT2D eigenvalue weighted by molar-refractivity contribution is 5.79. The molecule has 0 radical (unpaired) electrons. The molecule has 0 spiro atoms. The summed E-state index contributed by atoms with van der Waals surface area (Å²) < 4.78 is 5.65. The summed E-state index contributed by atoms with van der Waals surface area (Å²) in [5.41, 5.74) is 2.79. The fourth-order valence-electron chi connectivity index (χ4n) is 3.10. The lowest BCUT2D eigenvalue weighted by Crippen LogP contribution is -2.34. The van der Waals surface area contributed by atoms with Crippen molar-refractivity contribution in [3.8, 4) is 5.75 Å². The summed E-state index contributed by atoms with van der Waals surface area (Å²) in [7, 11) is 0. The number of hydrogen-bond donors (Lipinski definition) is 0. The van der Waals surface area contributed by atoms with Gasteiger partial charge in [0.25, 0.3) is 0 Å². The first-order valence-corrected chi connectivity index (χ1v) is 7.80. The zero-order valence-corrected chi connectivity index (χ0v) is 12.1. The Hall–Kier alpha value is -1.35. The highest BCUT2D eigenvalue weighted by Crippen LogP contribution is 2.26. The van der Waals surface area contributed by atoms with E-state index >= 15 is 0 Å². The summed E-state index contributed by atoms with van der Waals surface area (Å²) >= 11 is 0. The van der Waals surface area contributed by atoms with Crippen LogP contribution in [0.4, 0.5) is 0 Å². The first-order chi connectivity index (χ1) is 9.81. The molecule has 0 N–H and O–H groups in total. The number of likely N-dealkylation sites (tertiary alicyclic amines) is 1. The van der Waals surface area contributed by atoms with E-state index in [-0.39, 0.29) is 0 Å². The van der Waals surface area contributed by atoms with Crippen molar-refractivity contribution in [1.29, 1.82) is 0 Å². The van der Waals surface area contributed by atoms with Crippen molar-refractivity contribution in [3.63, 3.8) is 0 Å². The second kappa shape index (κ2) is 6.40. The van der Waals surface area contributed by atoms with E-state index in [0.29, 0.717) is 5.78 Å². The zero-order chi connectivity index (χ0) is 13.8. The number of hydrogen-bond acceptors (Lipinski definition) is 3. The molecule has 0 unspecified atom stereocenters. The van der Waals surface area contributed by atoms with Crippen LogP contribution in [-0.4, -0.2) is 36.9 Å². The molecule has 0 saturated carbocycles. The molecule has 2 aliphatic heterocycles. The van der Waals surface area contributed by atoms with E-state index in [1.165, 1.54) is 17.5 Å². The minimum absolute atomic E-state index is 0.427. The van der Waals surface area contributed by atoms with Crippen LogP contribution in [0.25, 0.3) is 0 Å². The minimum atomic E-state index is 0.427. The van der Waals surface area contributed by atoms with E-state index in [2.05, 4.69) is 23.1 Å². The average Bonchev–Trinajstić information content (AvgIpc) is 2.49. The average molecular weight is 273 g/mol. The van der Waals surface area contributed by atoms with Gasteiger partial charge < -0.3 is 9.64 Å². The molecule has 2 aliphatic rings. The molecular weight excluding hydrogens is 250 g/mol. The molecule has 0 aliphatic carbocycles. The number of carbonyl (C=O) groups is 1. The van der Waals surface area contributed by atoms with Crippen LogP contribution in [0.2, 0.25) is 0 Å². The smallest absolute Gasteiger partial charge is 0.135 e. The molecule has 108 valence electrons. The second-order valence-corrected chi connectivity index (χ2v) is 5.88. The maximum atomic E-state index is 11.2. The lowest BCUT2D eigenvalue weighted by atomic mass is 10.0. The SMILES string of the molecule is O=C1CCN(CCCc2ccc3c(c2)CCCO3)CC1. The van der Waals surface area contributed by atoms with E-state index in [9.17, 15) is 4.79 Å². The van der Waals surface area contributed by atoms with Crippen LogP contribution in [0, 0.1) is 0 Å². The molecular formula is C17H23NO2. The molecule has 0 atom stereocenters. The first-order valence-electron chi connectivity index (χ1n) is 7.80. The van der Waals surface area contributed by atoms with Crippen LogP contribution < -0.4 is 4.74 Å². The van der Waals surface area contributed by atoms with E-state index in [0.717, 1.165) is 64.1 Å². The van der Waals surface area contributed by atoms with Gasteiger partial charge in [-0.05, 0) is 49.4 Å². The highest BCUT2D eigenvalue weighted by Gasteiger charge is 2.15. The molecule has 0 amide bonds. The molecule has 3 rings (SSSR count). The topological polar surface area (TPSA) is 29.5 Å². The Morgan fingerprint density at radius 2 is 2.00 bits per heavy atom. The van der Waals surface area contributed by atoms with Gasteiger partial charge in [-0.2, -0.15) is 0 Å². The van der Waals surface area contributed by atoms with Crippen molar-refractivity contribution >= 4 is 5.78 Å². The summed E-state index contributed by atoms with van der Waals surface area (Å²) in [5, 5.41) is 0. The monoisotopic (exact) mass is 273 g/mol. The number of aryl methyl sites for hydroxylation is 2. The number of benzene rings is 1. The number of ether oxygens (including phenoxy) is 1. The highest BCUT2D eigenvalue weighted by atomic mass is 16.5. The van der Waals surface area contributed by atoms with Crippen LogP contribution in [0.3, 0.4) is 0 Å². The third-order valence-corrected chi connectivity index (χ3v) is 4.33. The van der Waals surface area contributed by atoms with E-state index in [4.69, 9.17) is 4.74 Å². The maximum absolute atomic E-state index is 11.2. The Balaban J connectivity index is 1.47. The van der Waals surface area contributed by atoms with Crippen molar-refractivity contribution in [3.05, 3.63) is 29.3 Å². The predicted molar refractivity (Wildman–Crippen MR) is 79.3 cm³/mol. The normalized spacial score (nSPS) is 19.5. The number of carbonyl (C=O) groups excluding carboxylic acids is 1.